The molecule has 0 fully saturated rings. The van der Waals surface area contributed by atoms with Crippen LogP contribution in [0, 0.1) is 0 Å². The highest BCUT2D eigenvalue weighted by Crippen LogP contribution is 1.99. The molecule has 6 heteroatoms. The van der Waals surface area contributed by atoms with E-state index in [0.717, 1.165) is 26.2 Å². The molecule has 0 saturated carbocycles. The molecule has 5 nitrogen and oxygen atoms in total. The zero-order chi connectivity index (χ0) is 14.2. The van der Waals surface area contributed by atoms with Gasteiger partial charge >= 0.3 is 0 Å². The molecule has 1 N–H and O–H groups in total. The molecule has 0 radical (unpaired) electrons. The van der Waals surface area contributed by atoms with Crippen molar-refractivity contribution in [3.63, 3.8) is 0 Å². The fourth-order valence-corrected chi connectivity index (χ4v) is 2.45. The second-order valence-corrected chi connectivity index (χ2v) is 7.38. The van der Waals surface area contributed by atoms with Crippen LogP contribution in [0.5, 0.6) is 0 Å². The summed E-state index contributed by atoms with van der Waals surface area (Å²) in [5.74, 6) is 0.215. The van der Waals surface area contributed by atoms with Crippen molar-refractivity contribution in [3.8, 4) is 0 Å². The van der Waals surface area contributed by atoms with Crippen molar-refractivity contribution in [2.45, 2.75) is 19.9 Å². The van der Waals surface area contributed by atoms with Crippen LogP contribution < -0.4 is 5.32 Å². The van der Waals surface area contributed by atoms with Gasteiger partial charge in [-0.1, -0.05) is 6.92 Å². The van der Waals surface area contributed by atoms with Crippen LogP contribution in [0.2, 0.25) is 0 Å². The minimum Gasteiger partial charge on any atom is -0.314 e. The summed E-state index contributed by atoms with van der Waals surface area (Å²) in [6.45, 7) is 8.76. The molecule has 0 aliphatic carbocycles. The van der Waals surface area contributed by atoms with Gasteiger partial charge in [0.25, 0.3) is 0 Å². The van der Waals surface area contributed by atoms with Gasteiger partial charge in [-0.3, -0.25) is 4.90 Å². The van der Waals surface area contributed by atoms with E-state index in [1.807, 2.05) is 0 Å². The van der Waals surface area contributed by atoms with Crippen LogP contribution in [0.15, 0.2) is 0 Å². The first-order valence-corrected chi connectivity index (χ1v) is 8.59. The van der Waals surface area contributed by atoms with Gasteiger partial charge in [-0.15, -0.1) is 0 Å². The summed E-state index contributed by atoms with van der Waals surface area (Å²) in [6.07, 6.45) is 1.27. The fraction of sp³-hybridized carbons (Fsp3) is 1.00. The normalized spacial score (nSPS) is 14.4. The lowest BCUT2D eigenvalue weighted by molar-refractivity contribution is 0.182. The first-order valence-electron chi connectivity index (χ1n) is 6.53. The molecule has 0 aromatic heterocycles. The second kappa shape index (κ2) is 8.85. The van der Waals surface area contributed by atoms with E-state index in [1.54, 1.807) is 0 Å². The number of hydrogen-bond donors (Lipinski definition) is 1. The van der Waals surface area contributed by atoms with Crippen LogP contribution in [0.3, 0.4) is 0 Å². The summed E-state index contributed by atoms with van der Waals surface area (Å²) < 4.78 is 21.9. The minimum atomic E-state index is -2.85. The van der Waals surface area contributed by atoms with Gasteiger partial charge in [0.05, 0.1) is 5.75 Å². The van der Waals surface area contributed by atoms with Crippen molar-refractivity contribution in [2.75, 3.05) is 58.8 Å². The zero-order valence-corrected chi connectivity index (χ0v) is 13.3. The predicted molar refractivity (Wildman–Crippen MR) is 77.8 cm³/mol. The molecule has 18 heavy (non-hydrogen) atoms. The molecule has 0 aromatic carbocycles. The predicted octanol–water partition coefficient (Wildman–Crippen LogP) is -0.107. The number of nitrogens with zero attached hydrogens (tertiary/aromatic N) is 2. The lowest BCUT2D eigenvalue weighted by Gasteiger charge is -2.30. The van der Waals surface area contributed by atoms with Gasteiger partial charge in [0.2, 0.25) is 0 Å². The number of likely N-dealkylation sites (N-methyl/N-ethyl adjacent to an activating group) is 2. The van der Waals surface area contributed by atoms with Crippen molar-refractivity contribution in [1.29, 1.82) is 0 Å². The van der Waals surface area contributed by atoms with E-state index >= 15 is 0 Å². The van der Waals surface area contributed by atoms with Crippen LogP contribution in [-0.2, 0) is 9.84 Å². The SMILES string of the molecule is CCN(CCNCCS(C)(=O)=O)C(C)CN(C)C. The van der Waals surface area contributed by atoms with E-state index in [0.29, 0.717) is 12.6 Å². The molecule has 1 atom stereocenters. The molecular formula is C12H29N3O2S. The third-order valence-corrected chi connectivity index (χ3v) is 3.83. The summed E-state index contributed by atoms with van der Waals surface area (Å²) in [5, 5.41) is 3.18. The van der Waals surface area contributed by atoms with Crippen LogP contribution in [0.25, 0.3) is 0 Å². The lowest BCUT2D eigenvalue weighted by Crippen LogP contribution is -2.43. The molecule has 0 bridgehead atoms. The Labute approximate surface area is 112 Å². The van der Waals surface area contributed by atoms with Crippen LogP contribution >= 0.6 is 0 Å². The van der Waals surface area contributed by atoms with Gasteiger partial charge in [-0.2, -0.15) is 0 Å². The van der Waals surface area contributed by atoms with Crippen molar-refractivity contribution in [3.05, 3.63) is 0 Å². The third-order valence-electron chi connectivity index (χ3n) is 2.88. The largest absolute Gasteiger partial charge is 0.314 e. The van der Waals surface area contributed by atoms with Crippen LogP contribution in [0.1, 0.15) is 13.8 Å². The standard InChI is InChI=1S/C12H29N3O2S/c1-6-15(12(2)11-14(3)4)9-7-13-8-10-18(5,16)17/h12-13H,6-11H2,1-5H3. The van der Waals surface area contributed by atoms with Gasteiger partial charge in [-0.05, 0) is 27.6 Å². The molecule has 110 valence electrons. The Bertz CT molecular complexity index is 304. The summed E-state index contributed by atoms with van der Waals surface area (Å²) in [7, 11) is 1.31. The summed E-state index contributed by atoms with van der Waals surface area (Å²) in [6, 6.07) is 0.515. The summed E-state index contributed by atoms with van der Waals surface area (Å²) in [5.41, 5.74) is 0. The van der Waals surface area contributed by atoms with Gasteiger partial charge in [0.15, 0.2) is 0 Å². The van der Waals surface area contributed by atoms with E-state index in [2.05, 4.69) is 43.1 Å². The average Bonchev–Trinajstić information content (AvgIpc) is 2.20. The number of hydrogen-bond acceptors (Lipinski definition) is 5. The fourth-order valence-electron chi connectivity index (χ4n) is 1.94. The minimum absolute atomic E-state index is 0.215. The highest BCUT2D eigenvalue weighted by molar-refractivity contribution is 7.90. The monoisotopic (exact) mass is 279 g/mol. The Morgan fingerprint density at radius 2 is 1.83 bits per heavy atom. The smallest absolute Gasteiger partial charge is 0.148 e. The van der Waals surface area contributed by atoms with E-state index in [-0.39, 0.29) is 5.75 Å². The van der Waals surface area contributed by atoms with Crippen LogP contribution in [0.4, 0.5) is 0 Å². The molecule has 0 amide bonds. The topological polar surface area (TPSA) is 52.7 Å². The van der Waals surface area contributed by atoms with Gasteiger partial charge < -0.3 is 10.2 Å². The van der Waals surface area contributed by atoms with E-state index in [9.17, 15) is 8.42 Å². The van der Waals surface area contributed by atoms with Crippen molar-refractivity contribution < 1.29 is 8.42 Å². The molecular weight excluding hydrogens is 250 g/mol. The first kappa shape index (κ1) is 17.8. The molecule has 1 unspecified atom stereocenters. The maximum Gasteiger partial charge on any atom is 0.148 e. The average molecular weight is 279 g/mol. The quantitative estimate of drug-likeness (QED) is 0.566. The first-order chi connectivity index (χ1) is 8.26. The Balaban J connectivity index is 3.80. The second-order valence-electron chi connectivity index (χ2n) is 5.12. The van der Waals surface area contributed by atoms with Gasteiger partial charge in [0.1, 0.15) is 9.84 Å². The van der Waals surface area contributed by atoms with E-state index in [4.69, 9.17) is 0 Å². The molecule has 0 aliphatic rings. The number of sulfone groups is 1. The number of rotatable bonds is 10. The van der Waals surface area contributed by atoms with Crippen molar-refractivity contribution >= 4 is 9.84 Å². The van der Waals surface area contributed by atoms with Gasteiger partial charge in [0, 0.05) is 38.5 Å². The van der Waals surface area contributed by atoms with Gasteiger partial charge in [-0.25, -0.2) is 8.42 Å². The lowest BCUT2D eigenvalue weighted by atomic mass is 10.2. The van der Waals surface area contributed by atoms with Crippen molar-refractivity contribution in [2.24, 2.45) is 0 Å². The molecule has 0 aromatic rings. The van der Waals surface area contributed by atoms with E-state index in [1.165, 1.54) is 6.26 Å². The number of nitrogens with one attached hydrogen (secondary N) is 1. The highest BCUT2D eigenvalue weighted by Gasteiger charge is 2.12. The highest BCUT2D eigenvalue weighted by atomic mass is 32.2. The van der Waals surface area contributed by atoms with Crippen molar-refractivity contribution in [1.82, 2.24) is 15.1 Å². The Kier molecular flexibility index (Phi) is 8.77. The maximum atomic E-state index is 11.0. The third kappa shape index (κ3) is 9.82. The maximum absolute atomic E-state index is 11.0. The zero-order valence-electron chi connectivity index (χ0n) is 12.4. The summed E-state index contributed by atoms with van der Waals surface area (Å²) in [4.78, 5) is 4.58. The molecule has 0 rings (SSSR count). The van der Waals surface area contributed by atoms with Crippen LogP contribution in [-0.4, -0.2) is 83.1 Å². The molecule has 0 heterocycles. The summed E-state index contributed by atoms with van der Waals surface area (Å²) >= 11 is 0. The Morgan fingerprint density at radius 1 is 1.22 bits per heavy atom. The Morgan fingerprint density at radius 3 is 2.28 bits per heavy atom. The molecule has 0 aliphatic heterocycles. The molecule has 0 spiro atoms. The van der Waals surface area contributed by atoms with E-state index < -0.39 is 9.84 Å². The molecule has 0 saturated heterocycles. The Hall–Kier alpha value is -0.170.